The van der Waals surface area contributed by atoms with Crippen molar-refractivity contribution in [2.24, 2.45) is 7.05 Å². The van der Waals surface area contributed by atoms with Crippen molar-refractivity contribution >= 4 is 27.5 Å². The van der Waals surface area contributed by atoms with Gasteiger partial charge < -0.3 is 11.1 Å². The van der Waals surface area contributed by atoms with Gasteiger partial charge in [-0.15, -0.1) is 0 Å². The van der Waals surface area contributed by atoms with Crippen LogP contribution in [0.2, 0.25) is 0 Å². The molecule has 0 radical (unpaired) electrons. The van der Waals surface area contributed by atoms with Crippen LogP contribution in [0, 0.1) is 5.82 Å². The Bertz CT molecular complexity index is 628. The number of amides is 1. The molecule has 1 heterocycles. The highest BCUT2D eigenvalue weighted by Crippen LogP contribution is 2.22. The van der Waals surface area contributed by atoms with Crippen molar-refractivity contribution in [2.75, 3.05) is 5.73 Å². The molecule has 3 N–H and O–H groups in total. The van der Waals surface area contributed by atoms with Crippen molar-refractivity contribution < 1.29 is 9.18 Å². The predicted octanol–water partition coefficient (Wildman–Crippen LogP) is 1.23. The lowest BCUT2D eigenvalue weighted by Gasteiger charge is -2.07. The van der Waals surface area contributed by atoms with Gasteiger partial charge in [-0.3, -0.25) is 9.48 Å². The number of aryl methyl sites for hydroxylation is 1. The molecule has 2 rings (SSSR count). The lowest BCUT2D eigenvalue weighted by molar-refractivity contribution is 0.0949. The van der Waals surface area contributed by atoms with Gasteiger partial charge in [0.15, 0.2) is 5.82 Å². The summed E-state index contributed by atoms with van der Waals surface area (Å²) in [4.78, 5) is 15.9. The fourth-order valence-electron chi connectivity index (χ4n) is 1.46. The van der Waals surface area contributed by atoms with Gasteiger partial charge in [0.1, 0.15) is 12.1 Å². The third-order valence-electron chi connectivity index (χ3n) is 2.39. The van der Waals surface area contributed by atoms with Crippen LogP contribution in [0.15, 0.2) is 22.9 Å². The Morgan fingerprint density at radius 3 is 2.95 bits per heavy atom. The van der Waals surface area contributed by atoms with E-state index < -0.39 is 5.82 Å². The van der Waals surface area contributed by atoms with Crippen LogP contribution in [0.5, 0.6) is 0 Å². The molecule has 6 nitrogen and oxygen atoms in total. The molecule has 19 heavy (non-hydrogen) atoms. The Kier molecular flexibility index (Phi) is 3.79. The first-order valence-corrected chi connectivity index (χ1v) is 6.14. The fourth-order valence-corrected chi connectivity index (χ4v) is 1.95. The number of carbonyl (C=O) groups excluding carboxylic acids is 1. The predicted molar refractivity (Wildman–Crippen MR) is 70.7 cm³/mol. The molecule has 0 unspecified atom stereocenters. The Morgan fingerprint density at radius 2 is 2.32 bits per heavy atom. The van der Waals surface area contributed by atoms with Gasteiger partial charge in [0, 0.05) is 11.5 Å². The molecular formula is C11H11BrFN5O. The fraction of sp³-hybridized carbons (Fsp3) is 0.182. The van der Waals surface area contributed by atoms with E-state index in [0.29, 0.717) is 10.3 Å². The van der Waals surface area contributed by atoms with Crippen molar-refractivity contribution in [3.05, 3.63) is 40.1 Å². The number of anilines is 1. The highest BCUT2D eigenvalue weighted by atomic mass is 79.9. The van der Waals surface area contributed by atoms with Crippen molar-refractivity contribution in [1.82, 2.24) is 20.1 Å². The molecule has 0 aliphatic rings. The van der Waals surface area contributed by atoms with Crippen LogP contribution in [0.1, 0.15) is 16.2 Å². The number of halogens is 2. The van der Waals surface area contributed by atoms with Crippen molar-refractivity contribution in [3.63, 3.8) is 0 Å². The summed E-state index contributed by atoms with van der Waals surface area (Å²) >= 11 is 3.12. The van der Waals surface area contributed by atoms with E-state index >= 15 is 0 Å². The number of rotatable bonds is 3. The molecule has 0 atom stereocenters. The van der Waals surface area contributed by atoms with Crippen LogP contribution in [0.4, 0.5) is 10.1 Å². The van der Waals surface area contributed by atoms with Gasteiger partial charge in [0.2, 0.25) is 0 Å². The molecule has 0 spiro atoms. The second-order valence-corrected chi connectivity index (χ2v) is 4.73. The Hall–Kier alpha value is -1.96. The molecule has 1 amide bonds. The highest BCUT2D eigenvalue weighted by molar-refractivity contribution is 9.10. The second kappa shape index (κ2) is 5.35. The largest absolute Gasteiger partial charge is 0.396 e. The van der Waals surface area contributed by atoms with Gasteiger partial charge in [-0.1, -0.05) is 0 Å². The number of aromatic nitrogens is 3. The van der Waals surface area contributed by atoms with E-state index in [9.17, 15) is 9.18 Å². The minimum atomic E-state index is -0.574. The van der Waals surface area contributed by atoms with Crippen molar-refractivity contribution in [3.8, 4) is 0 Å². The van der Waals surface area contributed by atoms with Crippen LogP contribution in [0.3, 0.4) is 0 Å². The molecule has 100 valence electrons. The van der Waals surface area contributed by atoms with Crippen LogP contribution in [0.25, 0.3) is 0 Å². The third kappa shape index (κ3) is 3.08. The maximum absolute atomic E-state index is 13.2. The molecule has 1 aromatic heterocycles. The van der Waals surface area contributed by atoms with Crippen LogP contribution < -0.4 is 11.1 Å². The number of benzene rings is 1. The lowest BCUT2D eigenvalue weighted by atomic mass is 10.2. The van der Waals surface area contributed by atoms with Crippen LogP contribution >= 0.6 is 15.9 Å². The Labute approximate surface area is 116 Å². The summed E-state index contributed by atoms with van der Waals surface area (Å²) in [6.07, 6.45) is 1.54. The maximum atomic E-state index is 13.2. The van der Waals surface area contributed by atoms with Gasteiger partial charge in [0.25, 0.3) is 5.91 Å². The van der Waals surface area contributed by atoms with Gasteiger partial charge in [0.05, 0.1) is 17.8 Å². The van der Waals surface area contributed by atoms with Crippen LogP contribution in [-0.4, -0.2) is 20.7 Å². The summed E-state index contributed by atoms with van der Waals surface area (Å²) in [5.41, 5.74) is 5.61. The molecule has 8 heteroatoms. The van der Waals surface area contributed by atoms with Gasteiger partial charge >= 0.3 is 0 Å². The SMILES string of the molecule is Cn1cnc(CNC(=O)c2cc(N)c(F)cc2Br)n1. The molecule has 0 fully saturated rings. The summed E-state index contributed by atoms with van der Waals surface area (Å²) in [6, 6.07) is 2.43. The zero-order chi connectivity index (χ0) is 14.0. The zero-order valence-corrected chi connectivity index (χ0v) is 11.6. The van der Waals surface area contributed by atoms with E-state index in [4.69, 9.17) is 5.73 Å². The molecule has 0 aliphatic heterocycles. The Morgan fingerprint density at radius 1 is 1.58 bits per heavy atom. The number of nitrogens with one attached hydrogen (secondary N) is 1. The number of hydrogen-bond acceptors (Lipinski definition) is 4. The molecule has 0 bridgehead atoms. The first-order valence-electron chi connectivity index (χ1n) is 5.34. The first-order chi connectivity index (χ1) is 8.97. The quantitative estimate of drug-likeness (QED) is 0.830. The first kappa shape index (κ1) is 13.5. The number of hydrogen-bond donors (Lipinski definition) is 2. The van der Waals surface area contributed by atoms with E-state index in [2.05, 4.69) is 31.3 Å². The average molecular weight is 328 g/mol. The number of nitrogen functional groups attached to an aromatic ring is 1. The molecule has 0 saturated carbocycles. The number of nitrogens with two attached hydrogens (primary N) is 1. The van der Waals surface area contributed by atoms with E-state index in [-0.39, 0.29) is 23.7 Å². The summed E-state index contributed by atoms with van der Waals surface area (Å²) in [5, 5.41) is 6.66. The average Bonchev–Trinajstić information content (AvgIpc) is 2.77. The van der Waals surface area contributed by atoms with Crippen molar-refractivity contribution in [1.29, 1.82) is 0 Å². The molecule has 1 aromatic carbocycles. The minimum Gasteiger partial charge on any atom is -0.396 e. The standard InChI is InChI=1S/C11H11BrFN5O/c1-18-5-16-10(17-18)4-15-11(19)6-2-9(14)8(13)3-7(6)12/h2-3,5H,4,14H2,1H3,(H,15,19). The van der Waals surface area contributed by atoms with E-state index in [0.717, 1.165) is 6.07 Å². The monoisotopic (exact) mass is 327 g/mol. The van der Waals surface area contributed by atoms with E-state index in [1.807, 2.05) is 0 Å². The molecule has 0 aliphatic carbocycles. The van der Waals surface area contributed by atoms with Crippen LogP contribution in [-0.2, 0) is 13.6 Å². The molecule has 0 saturated heterocycles. The number of nitrogens with zero attached hydrogens (tertiary/aromatic N) is 3. The normalized spacial score (nSPS) is 10.5. The molecule has 2 aromatic rings. The van der Waals surface area contributed by atoms with Gasteiger partial charge in [-0.05, 0) is 28.1 Å². The topological polar surface area (TPSA) is 85.8 Å². The van der Waals surface area contributed by atoms with Gasteiger partial charge in [-0.25, -0.2) is 9.37 Å². The summed E-state index contributed by atoms with van der Waals surface area (Å²) in [5.74, 6) is -0.470. The highest BCUT2D eigenvalue weighted by Gasteiger charge is 2.13. The lowest BCUT2D eigenvalue weighted by Crippen LogP contribution is -2.24. The number of carbonyl (C=O) groups is 1. The smallest absolute Gasteiger partial charge is 0.252 e. The second-order valence-electron chi connectivity index (χ2n) is 3.87. The molecular weight excluding hydrogens is 317 g/mol. The summed E-state index contributed by atoms with van der Waals surface area (Å²) in [7, 11) is 1.73. The zero-order valence-electron chi connectivity index (χ0n) is 10.0. The summed E-state index contributed by atoms with van der Waals surface area (Å²) in [6.45, 7) is 0.184. The maximum Gasteiger partial charge on any atom is 0.252 e. The Balaban J connectivity index is 2.10. The van der Waals surface area contributed by atoms with Crippen molar-refractivity contribution in [2.45, 2.75) is 6.54 Å². The minimum absolute atomic E-state index is 0.0793. The third-order valence-corrected chi connectivity index (χ3v) is 3.04. The summed E-state index contributed by atoms with van der Waals surface area (Å²) < 4.78 is 15.0. The van der Waals surface area contributed by atoms with E-state index in [1.165, 1.54) is 17.1 Å². The van der Waals surface area contributed by atoms with Gasteiger partial charge in [-0.2, -0.15) is 5.10 Å². The van der Waals surface area contributed by atoms with E-state index in [1.54, 1.807) is 7.05 Å².